The predicted molar refractivity (Wildman–Crippen MR) is 127 cm³/mol. The first-order valence-electron chi connectivity index (χ1n) is 11.3. The van der Waals surface area contributed by atoms with Crippen LogP contribution in [-0.2, 0) is 22.6 Å². The molecular weight excluding hydrogens is 402 g/mol. The van der Waals surface area contributed by atoms with E-state index in [4.69, 9.17) is 4.74 Å². The van der Waals surface area contributed by atoms with Gasteiger partial charge in [-0.25, -0.2) is 0 Å². The van der Waals surface area contributed by atoms with Gasteiger partial charge >= 0.3 is 0 Å². The number of hydrogen-bond donors (Lipinski definition) is 2. The highest BCUT2D eigenvalue weighted by Crippen LogP contribution is 2.32. The Balaban J connectivity index is 1.59. The normalized spacial score (nSPS) is 18.5. The Hall–Kier alpha value is -2.86. The number of carbonyl (C=O) groups excluding carboxylic acids is 2. The smallest absolute Gasteiger partial charge is 0.225 e. The minimum absolute atomic E-state index is 0.0346. The molecule has 0 bridgehead atoms. The van der Waals surface area contributed by atoms with Crippen molar-refractivity contribution in [2.24, 2.45) is 11.8 Å². The average molecular weight is 438 g/mol. The molecule has 172 valence electrons. The summed E-state index contributed by atoms with van der Waals surface area (Å²) in [6.45, 7) is 6.48. The molecular formula is C26H35N3O3. The first kappa shape index (κ1) is 23.8. The zero-order valence-corrected chi connectivity index (χ0v) is 19.6. The van der Waals surface area contributed by atoms with Crippen LogP contribution < -0.4 is 15.4 Å². The number of nitrogens with zero attached hydrogens (tertiary/aromatic N) is 1. The number of nitrogens with one attached hydrogen (secondary N) is 2. The van der Waals surface area contributed by atoms with Crippen LogP contribution in [0.1, 0.15) is 36.5 Å². The van der Waals surface area contributed by atoms with Crippen molar-refractivity contribution in [3.63, 3.8) is 0 Å². The Labute approximate surface area is 191 Å². The Bertz CT molecular complexity index is 911. The average Bonchev–Trinajstić information content (AvgIpc) is 3.19. The molecule has 1 heterocycles. The van der Waals surface area contributed by atoms with E-state index in [0.717, 1.165) is 36.4 Å². The largest absolute Gasteiger partial charge is 0.497 e. The van der Waals surface area contributed by atoms with Crippen LogP contribution in [0.5, 0.6) is 5.75 Å². The number of likely N-dealkylation sites (N-methyl/N-ethyl adjacent to an activating group) is 1. The first-order chi connectivity index (χ1) is 15.4. The molecule has 1 aliphatic heterocycles. The maximum atomic E-state index is 13.0. The van der Waals surface area contributed by atoms with E-state index in [2.05, 4.69) is 34.7 Å². The Morgan fingerprint density at radius 3 is 2.50 bits per heavy atom. The number of carbonyl (C=O) groups is 2. The number of hydrogen-bond acceptors (Lipinski definition) is 4. The lowest BCUT2D eigenvalue weighted by Gasteiger charge is -2.19. The van der Waals surface area contributed by atoms with E-state index in [1.54, 1.807) is 7.11 Å². The summed E-state index contributed by atoms with van der Waals surface area (Å²) in [5.41, 5.74) is 3.38. The molecule has 1 fully saturated rings. The number of likely N-dealkylation sites (tertiary alicyclic amines) is 1. The van der Waals surface area contributed by atoms with Gasteiger partial charge < -0.3 is 20.3 Å². The predicted octanol–water partition coefficient (Wildman–Crippen LogP) is 2.97. The fraction of sp³-hybridized carbons (Fsp3) is 0.462. The van der Waals surface area contributed by atoms with Crippen molar-refractivity contribution in [1.82, 2.24) is 15.5 Å². The number of ether oxygens (including phenoxy) is 1. The maximum absolute atomic E-state index is 13.0. The second kappa shape index (κ2) is 11.1. The zero-order chi connectivity index (χ0) is 23.1. The van der Waals surface area contributed by atoms with E-state index in [1.807, 2.05) is 50.2 Å². The summed E-state index contributed by atoms with van der Waals surface area (Å²) in [7, 11) is 3.71. The summed E-state index contributed by atoms with van der Waals surface area (Å²) in [6, 6.07) is 16.2. The summed E-state index contributed by atoms with van der Waals surface area (Å²) < 4.78 is 5.19. The molecule has 0 saturated carbocycles. The first-order valence-corrected chi connectivity index (χ1v) is 11.3. The fourth-order valence-electron chi connectivity index (χ4n) is 4.18. The van der Waals surface area contributed by atoms with Gasteiger partial charge in [-0.2, -0.15) is 0 Å². The van der Waals surface area contributed by atoms with Crippen LogP contribution in [-0.4, -0.2) is 50.5 Å². The van der Waals surface area contributed by atoms with Gasteiger partial charge in [-0.3, -0.25) is 9.59 Å². The lowest BCUT2D eigenvalue weighted by molar-refractivity contribution is -0.125. The molecule has 32 heavy (non-hydrogen) atoms. The molecule has 0 aromatic heterocycles. The lowest BCUT2D eigenvalue weighted by atomic mass is 9.87. The van der Waals surface area contributed by atoms with Crippen molar-refractivity contribution in [2.45, 2.75) is 32.7 Å². The number of methoxy groups -OCH3 is 1. The van der Waals surface area contributed by atoms with Gasteiger partial charge in [-0.1, -0.05) is 50.2 Å². The zero-order valence-electron chi connectivity index (χ0n) is 19.6. The monoisotopic (exact) mass is 437 g/mol. The fourth-order valence-corrected chi connectivity index (χ4v) is 4.18. The van der Waals surface area contributed by atoms with E-state index in [1.165, 1.54) is 5.56 Å². The van der Waals surface area contributed by atoms with Crippen molar-refractivity contribution >= 4 is 11.8 Å². The van der Waals surface area contributed by atoms with Crippen molar-refractivity contribution in [3.05, 3.63) is 65.2 Å². The molecule has 0 aliphatic carbocycles. The molecule has 6 heteroatoms. The summed E-state index contributed by atoms with van der Waals surface area (Å²) in [6.07, 6.45) is 0.786. The van der Waals surface area contributed by atoms with Gasteiger partial charge in [0.1, 0.15) is 5.75 Å². The van der Waals surface area contributed by atoms with E-state index in [-0.39, 0.29) is 29.6 Å². The summed E-state index contributed by atoms with van der Waals surface area (Å²) >= 11 is 0. The molecule has 6 nitrogen and oxygen atoms in total. The highest BCUT2D eigenvalue weighted by Gasteiger charge is 2.36. The van der Waals surface area contributed by atoms with E-state index >= 15 is 0 Å². The molecule has 2 amide bonds. The molecule has 0 unspecified atom stereocenters. The van der Waals surface area contributed by atoms with Crippen LogP contribution in [0.3, 0.4) is 0 Å². The van der Waals surface area contributed by atoms with Crippen LogP contribution >= 0.6 is 0 Å². The van der Waals surface area contributed by atoms with Gasteiger partial charge in [0.25, 0.3) is 0 Å². The minimum Gasteiger partial charge on any atom is -0.497 e. The highest BCUT2D eigenvalue weighted by atomic mass is 16.5. The third kappa shape index (κ3) is 6.33. The quantitative estimate of drug-likeness (QED) is 0.633. The standard InChI is InChI=1S/C26H35N3O3/c1-18(2)25(30)28-15-20-6-5-7-21(14-20)23-16-29(3)17-24(23)26(31)27-13-12-19-8-10-22(32-4)11-9-19/h5-11,14,18,23-24H,12-13,15-17H2,1-4H3,(H,27,31)(H,28,30)/t23-,24+/m1/s1. The molecule has 2 atom stereocenters. The van der Waals surface area contributed by atoms with Crippen LogP contribution in [0.2, 0.25) is 0 Å². The molecule has 0 spiro atoms. The summed E-state index contributed by atoms with van der Waals surface area (Å²) in [4.78, 5) is 27.1. The molecule has 2 N–H and O–H groups in total. The molecule has 2 aromatic carbocycles. The maximum Gasteiger partial charge on any atom is 0.225 e. The molecule has 0 radical (unpaired) electrons. The van der Waals surface area contributed by atoms with Gasteiger partial charge in [0.15, 0.2) is 0 Å². The van der Waals surface area contributed by atoms with E-state index in [0.29, 0.717) is 13.1 Å². The molecule has 3 rings (SSSR count). The van der Waals surface area contributed by atoms with Gasteiger partial charge in [-0.05, 0) is 42.3 Å². The van der Waals surface area contributed by atoms with Crippen molar-refractivity contribution in [1.29, 1.82) is 0 Å². The van der Waals surface area contributed by atoms with Gasteiger partial charge in [0.2, 0.25) is 11.8 Å². The van der Waals surface area contributed by atoms with E-state index < -0.39 is 0 Å². The Kier molecular flexibility index (Phi) is 8.28. The van der Waals surface area contributed by atoms with Gasteiger partial charge in [0, 0.05) is 38.0 Å². The Morgan fingerprint density at radius 1 is 1.06 bits per heavy atom. The highest BCUT2D eigenvalue weighted by molar-refractivity contribution is 5.80. The molecule has 1 aliphatic rings. The number of benzene rings is 2. The lowest BCUT2D eigenvalue weighted by Crippen LogP contribution is -2.35. The van der Waals surface area contributed by atoms with Crippen molar-refractivity contribution < 1.29 is 14.3 Å². The topological polar surface area (TPSA) is 70.7 Å². The number of rotatable bonds is 9. The van der Waals surface area contributed by atoms with Crippen LogP contribution in [0.25, 0.3) is 0 Å². The van der Waals surface area contributed by atoms with Crippen molar-refractivity contribution in [3.8, 4) is 5.75 Å². The third-order valence-corrected chi connectivity index (χ3v) is 6.08. The SMILES string of the molecule is COc1ccc(CCNC(=O)[C@H]2CN(C)C[C@@H]2c2cccc(CNC(=O)C(C)C)c2)cc1. The Morgan fingerprint density at radius 2 is 1.81 bits per heavy atom. The van der Waals surface area contributed by atoms with Crippen LogP contribution in [0, 0.1) is 11.8 Å². The second-order valence-electron chi connectivity index (χ2n) is 8.94. The van der Waals surface area contributed by atoms with Crippen LogP contribution in [0.15, 0.2) is 48.5 Å². The third-order valence-electron chi connectivity index (χ3n) is 6.08. The van der Waals surface area contributed by atoms with Crippen LogP contribution in [0.4, 0.5) is 0 Å². The van der Waals surface area contributed by atoms with Crippen molar-refractivity contribution in [2.75, 3.05) is 33.8 Å². The van der Waals surface area contributed by atoms with Gasteiger partial charge in [0.05, 0.1) is 13.0 Å². The summed E-state index contributed by atoms with van der Waals surface area (Å²) in [5.74, 6) is 1.00. The second-order valence-corrected chi connectivity index (χ2v) is 8.94. The molecule has 2 aromatic rings. The molecule has 1 saturated heterocycles. The minimum atomic E-state index is -0.0867. The number of amides is 2. The van der Waals surface area contributed by atoms with Gasteiger partial charge in [-0.15, -0.1) is 0 Å². The van der Waals surface area contributed by atoms with E-state index in [9.17, 15) is 9.59 Å². The summed E-state index contributed by atoms with van der Waals surface area (Å²) in [5, 5.41) is 6.11.